The van der Waals surface area contributed by atoms with E-state index < -0.39 is 10.0 Å². The van der Waals surface area contributed by atoms with Crippen molar-refractivity contribution in [1.82, 2.24) is 9.62 Å². The second-order valence-corrected chi connectivity index (χ2v) is 9.12. The van der Waals surface area contributed by atoms with Crippen LogP contribution in [0.25, 0.3) is 0 Å². The molecule has 1 N–H and O–H groups in total. The predicted octanol–water partition coefficient (Wildman–Crippen LogP) is 2.13. The Labute approximate surface area is 121 Å². The molecule has 1 unspecified atom stereocenters. The fraction of sp³-hybridized carbons (Fsp3) is 0.636. The highest BCUT2D eigenvalue weighted by molar-refractivity contribution is 9.11. The van der Waals surface area contributed by atoms with Crippen LogP contribution >= 0.6 is 27.3 Å². The summed E-state index contributed by atoms with van der Waals surface area (Å²) in [6.07, 6.45) is 2.04. The Morgan fingerprint density at radius 1 is 1.56 bits per heavy atom. The highest BCUT2D eigenvalue weighted by Crippen LogP contribution is 2.30. The van der Waals surface area contributed by atoms with Crippen LogP contribution in [-0.4, -0.2) is 39.4 Å². The van der Waals surface area contributed by atoms with Gasteiger partial charge in [-0.1, -0.05) is 0 Å². The maximum atomic E-state index is 12.4. The summed E-state index contributed by atoms with van der Waals surface area (Å²) in [5.74, 6) is 0.418. The van der Waals surface area contributed by atoms with Crippen molar-refractivity contribution in [2.24, 2.45) is 5.92 Å². The van der Waals surface area contributed by atoms with E-state index >= 15 is 0 Å². The van der Waals surface area contributed by atoms with E-state index in [4.69, 9.17) is 0 Å². The third kappa shape index (κ3) is 3.14. The molecule has 1 fully saturated rings. The molecular weight excluding hydrogens is 336 g/mol. The van der Waals surface area contributed by atoms with Crippen molar-refractivity contribution in [3.05, 3.63) is 15.9 Å². The number of piperidine rings is 1. The van der Waals surface area contributed by atoms with Gasteiger partial charge in [-0.2, -0.15) is 4.31 Å². The lowest BCUT2D eigenvalue weighted by molar-refractivity contribution is 0.264. The van der Waals surface area contributed by atoms with Crippen LogP contribution in [0.4, 0.5) is 0 Å². The topological polar surface area (TPSA) is 49.4 Å². The minimum atomic E-state index is -3.30. The predicted molar refractivity (Wildman–Crippen MR) is 77.4 cm³/mol. The van der Waals surface area contributed by atoms with Gasteiger partial charge in [-0.3, -0.25) is 0 Å². The number of nitrogens with one attached hydrogen (secondary N) is 1. The molecule has 0 amide bonds. The van der Waals surface area contributed by atoms with Crippen LogP contribution in [0.1, 0.15) is 12.8 Å². The number of hydrogen-bond donors (Lipinski definition) is 1. The molecule has 102 valence electrons. The van der Waals surface area contributed by atoms with E-state index in [1.165, 1.54) is 11.3 Å². The van der Waals surface area contributed by atoms with Crippen molar-refractivity contribution in [3.63, 3.8) is 0 Å². The largest absolute Gasteiger partial charge is 0.319 e. The maximum Gasteiger partial charge on any atom is 0.252 e. The number of nitrogens with zero attached hydrogens (tertiary/aromatic N) is 1. The highest BCUT2D eigenvalue weighted by Gasteiger charge is 2.30. The highest BCUT2D eigenvalue weighted by atomic mass is 79.9. The maximum absolute atomic E-state index is 12.4. The first kappa shape index (κ1) is 14.5. The van der Waals surface area contributed by atoms with Crippen LogP contribution in [0, 0.1) is 5.92 Å². The molecule has 0 aliphatic carbocycles. The van der Waals surface area contributed by atoms with Crippen LogP contribution < -0.4 is 5.32 Å². The zero-order chi connectivity index (χ0) is 13.2. The van der Waals surface area contributed by atoms with Crippen molar-refractivity contribution in [3.8, 4) is 0 Å². The molecule has 0 bridgehead atoms. The van der Waals surface area contributed by atoms with Gasteiger partial charge in [-0.25, -0.2) is 8.42 Å². The first-order valence-corrected chi connectivity index (χ1v) is 8.99. The van der Waals surface area contributed by atoms with E-state index in [1.807, 2.05) is 7.05 Å². The molecule has 1 atom stereocenters. The Morgan fingerprint density at radius 2 is 2.33 bits per heavy atom. The summed E-state index contributed by atoms with van der Waals surface area (Å²) >= 11 is 4.59. The monoisotopic (exact) mass is 352 g/mol. The smallest absolute Gasteiger partial charge is 0.252 e. The lowest BCUT2D eigenvalue weighted by atomic mass is 10.00. The lowest BCUT2D eigenvalue weighted by Crippen LogP contribution is -2.42. The van der Waals surface area contributed by atoms with Gasteiger partial charge >= 0.3 is 0 Å². The summed E-state index contributed by atoms with van der Waals surface area (Å²) < 4.78 is 27.8. The summed E-state index contributed by atoms with van der Waals surface area (Å²) in [5, 5.41) is 3.13. The molecule has 0 saturated carbocycles. The van der Waals surface area contributed by atoms with Gasteiger partial charge < -0.3 is 5.32 Å². The molecule has 0 aromatic carbocycles. The standard InChI is InChI=1S/C11H17BrN2O2S2/c1-13-7-9-3-2-6-14(8-9)18(15,16)11-5-4-10(12)17-11/h4-5,9,13H,2-3,6-8H2,1H3. The number of halogens is 1. The SMILES string of the molecule is CNCC1CCCN(S(=O)(=O)c2ccc(Br)s2)C1. The van der Waals surface area contributed by atoms with E-state index in [2.05, 4.69) is 21.2 Å². The van der Waals surface area contributed by atoms with Gasteiger partial charge in [0.15, 0.2) is 0 Å². The fourth-order valence-corrected chi connectivity index (χ4v) is 5.98. The Hall–Kier alpha value is 0.0500. The molecule has 1 aliphatic heterocycles. The third-order valence-corrected chi connectivity index (χ3v) is 7.07. The molecule has 0 spiro atoms. The van der Waals surface area contributed by atoms with Crippen LogP contribution in [0.2, 0.25) is 0 Å². The molecule has 2 heterocycles. The van der Waals surface area contributed by atoms with Gasteiger partial charge in [-0.05, 0) is 60.4 Å². The van der Waals surface area contributed by atoms with E-state index in [9.17, 15) is 8.42 Å². The third-order valence-electron chi connectivity index (χ3n) is 3.12. The molecule has 1 aliphatic rings. The summed E-state index contributed by atoms with van der Waals surface area (Å²) in [4.78, 5) is 0. The number of rotatable bonds is 4. The number of thiophene rings is 1. The molecule has 1 aromatic rings. The molecule has 7 heteroatoms. The van der Waals surface area contributed by atoms with Crippen molar-refractivity contribution in [2.75, 3.05) is 26.7 Å². The van der Waals surface area contributed by atoms with E-state index in [1.54, 1.807) is 16.4 Å². The normalized spacial score (nSPS) is 22.2. The minimum Gasteiger partial charge on any atom is -0.319 e. The van der Waals surface area contributed by atoms with Gasteiger partial charge in [0.25, 0.3) is 10.0 Å². The van der Waals surface area contributed by atoms with Crippen molar-refractivity contribution < 1.29 is 8.42 Å². The van der Waals surface area contributed by atoms with Gasteiger partial charge in [0, 0.05) is 13.1 Å². The molecule has 4 nitrogen and oxygen atoms in total. The molecular formula is C11H17BrN2O2S2. The first-order valence-electron chi connectivity index (χ1n) is 5.94. The Balaban J connectivity index is 2.15. The Bertz CT molecular complexity index is 499. The van der Waals surface area contributed by atoms with Crippen LogP contribution in [0.3, 0.4) is 0 Å². The van der Waals surface area contributed by atoms with Crippen molar-refractivity contribution >= 4 is 37.3 Å². The average molecular weight is 353 g/mol. The number of sulfonamides is 1. The van der Waals surface area contributed by atoms with Gasteiger partial charge in [0.05, 0.1) is 3.79 Å². The molecule has 1 aromatic heterocycles. The van der Waals surface area contributed by atoms with E-state index in [0.717, 1.165) is 23.2 Å². The van der Waals surface area contributed by atoms with Crippen molar-refractivity contribution in [2.45, 2.75) is 17.1 Å². The molecule has 2 rings (SSSR count). The zero-order valence-electron chi connectivity index (χ0n) is 10.2. The summed E-state index contributed by atoms with van der Waals surface area (Å²) in [6.45, 7) is 2.14. The molecule has 0 radical (unpaired) electrons. The van der Waals surface area contributed by atoms with Crippen LogP contribution in [0.5, 0.6) is 0 Å². The lowest BCUT2D eigenvalue weighted by Gasteiger charge is -2.31. The fourth-order valence-electron chi connectivity index (χ4n) is 2.26. The van der Waals surface area contributed by atoms with Crippen LogP contribution in [-0.2, 0) is 10.0 Å². The Kier molecular flexibility index (Phi) is 4.82. The summed E-state index contributed by atoms with van der Waals surface area (Å²) in [6, 6.07) is 3.46. The Morgan fingerprint density at radius 3 is 2.94 bits per heavy atom. The zero-order valence-corrected chi connectivity index (χ0v) is 13.4. The first-order chi connectivity index (χ1) is 8.54. The second kappa shape index (κ2) is 6.00. The van der Waals surface area contributed by atoms with Crippen LogP contribution in [0.15, 0.2) is 20.1 Å². The second-order valence-electron chi connectivity index (χ2n) is 4.49. The summed E-state index contributed by atoms with van der Waals surface area (Å²) in [5.41, 5.74) is 0. The minimum absolute atomic E-state index is 0.418. The average Bonchev–Trinajstić information content (AvgIpc) is 2.77. The van der Waals surface area contributed by atoms with Gasteiger partial charge in [0.2, 0.25) is 0 Å². The van der Waals surface area contributed by atoms with E-state index in [-0.39, 0.29) is 0 Å². The van der Waals surface area contributed by atoms with E-state index in [0.29, 0.717) is 23.2 Å². The molecule has 18 heavy (non-hydrogen) atoms. The van der Waals surface area contributed by atoms with Crippen molar-refractivity contribution in [1.29, 1.82) is 0 Å². The number of hydrogen-bond acceptors (Lipinski definition) is 4. The van der Waals surface area contributed by atoms with Gasteiger partial charge in [0.1, 0.15) is 4.21 Å². The molecule has 1 saturated heterocycles. The summed E-state index contributed by atoms with van der Waals surface area (Å²) in [7, 11) is -1.39. The van der Waals surface area contributed by atoms with Gasteiger partial charge in [-0.15, -0.1) is 11.3 Å². The quantitative estimate of drug-likeness (QED) is 0.902.